The summed E-state index contributed by atoms with van der Waals surface area (Å²) in [5.74, 6) is -0.335. The fourth-order valence-electron chi connectivity index (χ4n) is 2.38. The monoisotopic (exact) mass is 311 g/mol. The van der Waals surface area contributed by atoms with Crippen molar-refractivity contribution in [2.45, 2.75) is 13.3 Å². The Hall–Kier alpha value is -3.02. The van der Waals surface area contributed by atoms with Crippen LogP contribution in [0.1, 0.15) is 12.6 Å². The molecule has 0 radical (unpaired) electrons. The number of hydrogen-bond donors (Lipinski definition) is 0. The molecule has 0 spiro atoms. The highest BCUT2D eigenvalue weighted by Gasteiger charge is 2.15. The summed E-state index contributed by atoms with van der Waals surface area (Å²) >= 11 is 0. The predicted molar refractivity (Wildman–Crippen MR) is 85.0 cm³/mol. The molecule has 0 amide bonds. The molecule has 6 heteroatoms. The zero-order chi connectivity index (χ0) is 16.4. The Morgan fingerprint density at radius 1 is 1.17 bits per heavy atom. The molecular formula is C17H14FN3O2. The summed E-state index contributed by atoms with van der Waals surface area (Å²) < 4.78 is 15.7. The second kappa shape index (κ2) is 6.00. The number of nitro benzene ring substituents is 1. The summed E-state index contributed by atoms with van der Waals surface area (Å²) in [6, 6.07) is 14.3. The van der Waals surface area contributed by atoms with Crippen LogP contribution in [0.4, 0.5) is 10.1 Å². The number of rotatable bonds is 4. The second-order valence-corrected chi connectivity index (χ2v) is 5.04. The number of nitro groups is 1. The van der Waals surface area contributed by atoms with Gasteiger partial charge < -0.3 is 0 Å². The van der Waals surface area contributed by atoms with E-state index < -0.39 is 4.92 Å². The summed E-state index contributed by atoms with van der Waals surface area (Å²) in [6.45, 7) is 1.97. The van der Waals surface area contributed by atoms with Gasteiger partial charge in [-0.05, 0) is 36.8 Å². The minimum Gasteiger partial charge on any atom is -0.258 e. The lowest BCUT2D eigenvalue weighted by Gasteiger charge is -2.08. The van der Waals surface area contributed by atoms with Crippen LogP contribution in [0.25, 0.3) is 16.9 Å². The van der Waals surface area contributed by atoms with Crippen LogP contribution in [0.15, 0.2) is 54.6 Å². The number of nitrogens with zero attached hydrogens (tertiary/aromatic N) is 3. The van der Waals surface area contributed by atoms with Gasteiger partial charge in [0, 0.05) is 17.7 Å². The SMILES string of the molecule is CCc1cc(-c2ccccc2F)n(-c2ccc([N+](=O)[O-])cc2)n1. The van der Waals surface area contributed by atoms with Crippen molar-refractivity contribution >= 4 is 5.69 Å². The van der Waals surface area contributed by atoms with Gasteiger partial charge in [-0.2, -0.15) is 5.10 Å². The van der Waals surface area contributed by atoms with E-state index in [1.165, 1.54) is 18.2 Å². The minimum atomic E-state index is -0.456. The molecular weight excluding hydrogens is 297 g/mol. The first kappa shape index (κ1) is 14.9. The van der Waals surface area contributed by atoms with E-state index in [4.69, 9.17) is 0 Å². The number of hydrogen-bond acceptors (Lipinski definition) is 3. The normalized spacial score (nSPS) is 10.7. The van der Waals surface area contributed by atoms with Crippen LogP contribution >= 0.6 is 0 Å². The molecule has 5 nitrogen and oxygen atoms in total. The lowest BCUT2D eigenvalue weighted by atomic mass is 10.1. The Morgan fingerprint density at radius 3 is 2.48 bits per heavy atom. The summed E-state index contributed by atoms with van der Waals surface area (Å²) in [5.41, 5.74) is 2.53. The number of benzene rings is 2. The molecule has 0 atom stereocenters. The first-order valence-corrected chi connectivity index (χ1v) is 7.19. The standard InChI is InChI=1S/C17H14FN3O2/c1-2-12-11-17(15-5-3-4-6-16(15)18)20(19-12)13-7-9-14(10-8-13)21(22)23/h3-11H,2H2,1H3. The molecule has 0 N–H and O–H groups in total. The van der Waals surface area contributed by atoms with E-state index in [1.807, 2.05) is 13.0 Å². The molecule has 1 aromatic heterocycles. The quantitative estimate of drug-likeness (QED) is 0.537. The van der Waals surface area contributed by atoms with E-state index in [0.29, 0.717) is 23.4 Å². The highest BCUT2D eigenvalue weighted by molar-refractivity contribution is 5.63. The molecule has 0 aliphatic rings. The molecule has 116 valence electrons. The Morgan fingerprint density at radius 2 is 1.87 bits per heavy atom. The van der Waals surface area contributed by atoms with Gasteiger partial charge in [0.2, 0.25) is 0 Å². The third kappa shape index (κ3) is 2.83. The van der Waals surface area contributed by atoms with Crippen LogP contribution in [0.5, 0.6) is 0 Å². The number of aryl methyl sites for hydroxylation is 1. The fourth-order valence-corrected chi connectivity index (χ4v) is 2.38. The Bertz CT molecular complexity index is 857. The van der Waals surface area contributed by atoms with Crippen molar-refractivity contribution < 1.29 is 9.31 Å². The van der Waals surface area contributed by atoms with Crippen molar-refractivity contribution in [1.29, 1.82) is 0 Å². The maximum Gasteiger partial charge on any atom is 0.269 e. The second-order valence-electron chi connectivity index (χ2n) is 5.04. The van der Waals surface area contributed by atoms with Gasteiger partial charge in [-0.1, -0.05) is 19.1 Å². The van der Waals surface area contributed by atoms with E-state index in [1.54, 1.807) is 35.0 Å². The molecule has 2 aromatic carbocycles. The van der Waals surface area contributed by atoms with Crippen LogP contribution < -0.4 is 0 Å². The van der Waals surface area contributed by atoms with Crippen molar-refractivity contribution in [3.8, 4) is 16.9 Å². The van der Waals surface area contributed by atoms with Gasteiger partial charge in [0.25, 0.3) is 5.69 Å². The van der Waals surface area contributed by atoms with Crippen molar-refractivity contribution in [3.05, 3.63) is 76.2 Å². The Kier molecular flexibility index (Phi) is 3.89. The summed E-state index contributed by atoms with van der Waals surface area (Å²) in [7, 11) is 0. The van der Waals surface area contributed by atoms with Crippen molar-refractivity contribution in [2.75, 3.05) is 0 Å². The minimum absolute atomic E-state index is 0.00376. The Labute approximate surface area is 132 Å². The largest absolute Gasteiger partial charge is 0.269 e. The molecule has 0 unspecified atom stereocenters. The van der Waals surface area contributed by atoms with Crippen molar-refractivity contribution in [1.82, 2.24) is 9.78 Å². The van der Waals surface area contributed by atoms with E-state index in [9.17, 15) is 14.5 Å². The molecule has 0 fully saturated rings. The first-order valence-electron chi connectivity index (χ1n) is 7.19. The predicted octanol–water partition coefficient (Wildman–Crippen LogP) is 4.15. The average Bonchev–Trinajstić information content (AvgIpc) is 2.99. The highest BCUT2D eigenvalue weighted by atomic mass is 19.1. The topological polar surface area (TPSA) is 61.0 Å². The molecule has 3 rings (SSSR count). The lowest BCUT2D eigenvalue weighted by molar-refractivity contribution is -0.384. The highest BCUT2D eigenvalue weighted by Crippen LogP contribution is 2.27. The number of halogens is 1. The molecule has 0 saturated carbocycles. The third-order valence-electron chi connectivity index (χ3n) is 3.58. The van der Waals surface area contributed by atoms with Crippen molar-refractivity contribution in [2.24, 2.45) is 0 Å². The van der Waals surface area contributed by atoms with E-state index >= 15 is 0 Å². The van der Waals surface area contributed by atoms with Crippen LogP contribution in [-0.4, -0.2) is 14.7 Å². The lowest BCUT2D eigenvalue weighted by Crippen LogP contribution is -2.01. The van der Waals surface area contributed by atoms with Crippen LogP contribution in [-0.2, 0) is 6.42 Å². The zero-order valence-electron chi connectivity index (χ0n) is 12.4. The van der Waals surface area contributed by atoms with Gasteiger partial charge in [0.05, 0.1) is 22.0 Å². The summed E-state index contributed by atoms with van der Waals surface area (Å²) in [4.78, 5) is 10.3. The average molecular weight is 311 g/mol. The molecule has 3 aromatic rings. The van der Waals surface area contributed by atoms with Crippen LogP contribution in [0.2, 0.25) is 0 Å². The van der Waals surface area contributed by atoms with Crippen molar-refractivity contribution in [3.63, 3.8) is 0 Å². The summed E-state index contributed by atoms with van der Waals surface area (Å²) in [6.07, 6.45) is 0.710. The number of aromatic nitrogens is 2. The number of non-ortho nitro benzene ring substituents is 1. The third-order valence-corrected chi connectivity index (χ3v) is 3.58. The molecule has 1 heterocycles. The summed E-state index contributed by atoms with van der Waals surface area (Å²) in [5, 5.41) is 15.2. The Balaban J connectivity index is 2.14. The smallest absolute Gasteiger partial charge is 0.258 e. The van der Waals surface area contributed by atoms with Gasteiger partial charge in [-0.15, -0.1) is 0 Å². The van der Waals surface area contributed by atoms with Gasteiger partial charge in [0.1, 0.15) is 5.82 Å². The van der Waals surface area contributed by atoms with Crippen LogP contribution in [0.3, 0.4) is 0 Å². The van der Waals surface area contributed by atoms with Gasteiger partial charge in [0.15, 0.2) is 0 Å². The van der Waals surface area contributed by atoms with Gasteiger partial charge in [-0.3, -0.25) is 10.1 Å². The molecule has 0 aliphatic heterocycles. The molecule has 0 bridgehead atoms. The molecule has 23 heavy (non-hydrogen) atoms. The maximum atomic E-state index is 14.1. The first-order chi connectivity index (χ1) is 11.1. The van der Waals surface area contributed by atoms with Crippen LogP contribution in [0, 0.1) is 15.9 Å². The fraction of sp³-hybridized carbons (Fsp3) is 0.118. The molecule has 0 aliphatic carbocycles. The van der Waals surface area contributed by atoms with Gasteiger partial charge in [-0.25, -0.2) is 9.07 Å². The van der Waals surface area contributed by atoms with E-state index in [-0.39, 0.29) is 11.5 Å². The van der Waals surface area contributed by atoms with E-state index in [2.05, 4.69) is 5.10 Å². The maximum absolute atomic E-state index is 14.1. The molecule has 0 saturated heterocycles. The zero-order valence-corrected chi connectivity index (χ0v) is 12.4. The van der Waals surface area contributed by atoms with Gasteiger partial charge >= 0.3 is 0 Å². The van der Waals surface area contributed by atoms with E-state index in [0.717, 1.165) is 5.69 Å².